The molecule has 3 aromatic heterocycles. The Morgan fingerprint density at radius 3 is 1.65 bits per heavy atom. The van der Waals surface area contributed by atoms with E-state index in [1.54, 1.807) is 0 Å². The van der Waals surface area contributed by atoms with Crippen LogP contribution in [0, 0.1) is 0 Å². The van der Waals surface area contributed by atoms with E-state index in [-0.39, 0.29) is 5.41 Å². The summed E-state index contributed by atoms with van der Waals surface area (Å²) in [6.45, 7) is 4.79. The minimum atomic E-state index is -0.144. The van der Waals surface area contributed by atoms with Crippen LogP contribution in [0.15, 0.2) is 194 Å². The van der Waals surface area contributed by atoms with Crippen molar-refractivity contribution in [2.24, 2.45) is 0 Å². The predicted molar refractivity (Wildman–Crippen MR) is 256 cm³/mol. The molecule has 0 N–H and O–H groups in total. The third-order valence-electron chi connectivity index (χ3n) is 13.3. The van der Waals surface area contributed by atoms with Crippen LogP contribution < -0.4 is 0 Å². The lowest BCUT2D eigenvalue weighted by Gasteiger charge is -2.23. The van der Waals surface area contributed by atoms with E-state index in [4.69, 9.17) is 0 Å². The molecule has 0 fully saturated rings. The Balaban J connectivity index is 1.04. The van der Waals surface area contributed by atoms with Gasteiger partial charge in [0.1, 0.15) is 0 Å². The second-order valence-electron chi connectivity index (χ2n) is 16.9. The van der Waals surface area contributed by atoms with Crippen LogP contribution in [0.4, 0.5) is 0 Å². The molecule has 13 rings (SSSR count). The molecule has 282 valence electrons. The van der Waals surface area contributed by atoms with Crippen LogP contribution in [0.1, 0.15) is 25.0 Å². The minimum absolute atomic E-state index is 0.144. The zero-order valence-corrected chi connectivity index (χ0v) is 34.1. The lowest BCUT2D eigenvalue weighted by Crippen LogP contribution is -2.16. The maximum absolute atomic E-state index is 2.53. The zero-order chi connectivity index (χ0) is 39.7. The van der Waals surface area contributed by atoms with Crippen LogP contribution in [0.2, 0.25) is 0 Å². The quantitative estimate of drug-likeness (QED) is 0.168. The number of benzene rings is 9. The monoisotopic (exact) mass is 782 g/mol. The van der Waals surface area contributed by atoms with Gasteiger partial charge in [-0.25, -0.2) is 0 Å². The van der Waals surface area contributed by atoms with Gasteiger partial charge in [-0.3, -0.25) is 0 Å². The number of hydrogen-bond acceptors (Lipinski definition) is 1. The van der Waals surface area contributed by atoms with Gasteiger partial charge in [-0.15, -0.1) is 11.3 Å². The number of para-hydroxylation sites is 2. The topological polar surface area (TPSA) is 9.86 Å². The molecule has 0 atom stereocenters. The number of thiophene rings is 1. The molecule has 9 aromatic carbocycles. The molecule has 0 radical (unpaired) electrons. The first kappa shape index (κ1) is 33.7. The average molecular weight is 783 g/mol. The van der Waals surface area contributed by atoms with Gasteiger partial charge in [0.05, 0.1) is 22.1 Å². The first-order chi connectivity index (χ1) is 29.5. The molecule has 0 bridgehead atoms. The van der Waals surface area contributed by atoms with E-state index >= 15 is 0 Å². The van der Waals surface area contributed by atoms with E-state index < -0.39 is 0 Å². The summed E-state index contributed by atoms with van der Waals surface area (Å²) in [6.07, 6.45) is 0. The number of hydrogen-bond donors (Lipinski definition) is 0. The minimum Gasteiger partial charge on any atom is -0.309 e. The van der Waals surface area contributed by atoms with Crippen LogP contribution in [0.5, 0.6) is 0 Å². The Morgan fingerprint density at radius 2 is 0.917 bits per heavy atom. The van der Waals surface area contributed by atoms with Crippen molar-refractivity contribution in [1.29, 1.82) is 0 Å². The number of nitrogens with zero attached hydrogens (tertiary/aromatic N) is 2. The van der Waals surface area contributed by atoms with Crippen LogP contribution in [-0.2, 0) is 5.41 Å². The molecule has 0 aliphatic heterocycles. The Labute approximate surface area is 351 Å². The van der Waals surface area contributed by atoms with Crippen LogP contribution in [0.3, 0.4) is 0 Å². The molecule has 12 aromatic rings. The molecule has 3 heterocycles. The highest BCUT2D eigenvalue weighted by Gasteiger charge is 2.38. The molecule has 0 unspecified atom stereocenters. The molecular formula is C57H38N2S. The van der Waals surface area contributed by atoms with Gasteiger partial charge in [-0.2, -0.15) is 0 Å². The summed E-state index contributed by atoms with van der Waals surface area (Å²) in [4.78, 5) is 0. The molecule has 0 spiro atoms. The smallest absolute Gasteiger partial charge is 0.0588 e. The predicted octanol–water partition coefficient (Wildman–Crippen LogP) is 15.9. The first-order valence-corrected chi connectivity index (χ1v) is 21.7. The lowest BCUT2D eigenvalue weighted by atomic mass is 9.81. The largest absolute Gasteiger partial charge is 0.309 e. The lowest BCUT2D eigenvalue weighted by molar-refractivity contribution is 0.664. The Hall–Kier alpha value is -7.20. The first-order valence-electron chi connectivity index (χ1n) is 20.8. The van der Waals surface area contributed by atoms with Gasteiger partial charge in [0.2, 0.25) is 0 Å². The van der Waals surface area contributed by atoms with Crippen molar-refractivity contribution in [3.63, 3.8) is 0 Å². The Bertz CT molecular complexity index is 3730. The summed E-state index contributed by atoms with van der Waals surface area (Å²) in [5, 5.41) is 7.71. The standard InChI is InChI=1S/C57H38N2S/c1-57(2)49-19-11-9-17-41(49)44-26-27-45-42-25-21-38(34-52(42)59(56(45)55(44)57)40-15-7-4-8-16-40)36-23-29-51-47(32-36)46-31-35(22-28-50(46)58(51)39-13-5-3-6-14-39)37-24-30-54-48(33-37)43-18-10-12-20-53(43)60-54/h3-34H,1-2H3. The van der Waals surface area contributed by atoms with Crippen molar-refractivity contribution in [3.8, 4) is 44.8 Å². The van der Waals surface area contributed by atoms with Gasteiger partial charge in [0, 0.05) is 58.5 Å². The van der Waals surface area contributed by atoms with Gasteiger partial charge in [0.25, 0.3) is 0 Å². The van der Waals surface area contributed by atoms with E-state index in [1.165, 1.54) is 114 Å². The number of fused-ring (bicyclic) bond motifs is 13. The normalized spacial score (nSPS) is 13.3. The molecular weight excluding hydrogens is 745 g/mol. The summed E-state index contributed by atoms with van der Waals surface area (Å²) in [7, 11) is 0. The maximum Gasteiger partial charge on any atom is 0.0588 e. The van der Waals surface area contributed by atoms with Gasteiger partial charge in [-0.1, -0.05) is 135 Å². The van der Waals surface area contributed by atoms with E-state index in [0.717, 1.165) is 5.69 Å². The maximum atomic E-state index is 2.53. The third kappa shape index (κ3) is 4.70. The van der Waals surface area contributed by atoms with Gasteiger partial charge >= 0.3 is 0 Å². The summed E-state index contributed by atoms with van der Waals surface area (Å²) in [6, 6.07) is 72.3. The number of aromatic nitrogens is 2. The molecule has 60 heavy (non-hydrogen) atoms. The van der Waals surface area contributed by atoms with Crippen molar-refractivity contribution in [1.82, 2.24) is 9.13 Å². The molecule has 3 heteroatoms. The molecule has 1 aliphatic rings. The fraction of sp³-hybridized carbons (Fsp3) is 0.0526. The summed E-state index contributed by atoms with van der Waals surface area (Å²) in [5.74, 6) is 0. The van der Waals surface area contributed by atoms with Gasteiger partial charge in [0.15, 0.2) is 0 Å². The van der Waals surface area contributed by atoms with Crippen LogP contribution >= 0.6 is 11.3 Å². The van der Waals surface area contributed by atoms with E-state index in [2.05, 4.69) is 217 Å². The molecule has 1 aliphatic carbocycles. The SMILES string of the molecule is CC1(C)c2ccccc2-c2ccc3c4ccc(-c5ccc6c(c5)c5cc(-c7ccc8sc9ccccc9c8c7)ccc5n6-c5ccccc5)cc4n(-c4ccccc4)c3c21. The van der Waals surface area contributed by atoms with Crippen molar-refractivity contribution >= 4 is 75.1 Å². The summed E-state index contributed by atoms with van der Waals surface area (Å²) >= 11 is 1.87. The summed E-state index contributed by atoms with van der Waals surface area (Å²) in [5.41, 5.74) is 17.5. The Morgan fingerprint density at radius 1 is 0.367 bits per heavy atom. The van der Waals surface area contributed by atoms with Gasteiger partial charge in [-0.05, 0) is 117 Å². The van der Waals surface area contributed by atoms with Crippen molar-refractivity contribution in [2.75, 3.05) is 0 Å². The van der Waals surface area contributed by atoms with Crippen LogP contribution in [-0.4, -0.2) is 9.13 Å². The highest BCUT2D eigenvalue weighted by Crippen LogP contribution is 2.53. The molecule has 0 amide bonds. The van der Waals surface area contributed by atoms with Crippen molar-refractivity contribution in [3.05, 3.63) is 205 Å². The zero-order valence-electron chi connectivity index (χ0n) is 33.3. The van der Waals surface area contributed by atoms with Crippen molar-refractivity contribution in [2.45, 2.75) is 19.3 Å². The third-order valence-corrected chi connectivity index (χ3v) is 14.4. The fourth-order valence-electron chi connectivity index (χ4n) is 10.5. The van der Waals surface area contributed by atoms with E-state index in [9.17, 15) is 0 Å². The second kappa shape index (κ2) is 12.4. The Kier molecular flexibility index (Phi) is 6.98. The molecule has 0 saturated carbocycles. The van der Waals surface area contributed by atoms with Crippen LogP contribution in [0.25, 0.3) is 109 Å². The second-order valence-corrected chi connectivity index (χ2v) is 18.0. The average Bonchev–Trinajstić information content (AvgIpc) is 4.01. The summed E-state index contributed by atoms with van der Waals surface area (Å²) < 4.78 is 7.61. The van der Waals surface area contributed by atoms with E-state index in [0.29, 0.717) is 0 Å². The highest BCUT2D eigenvalue weighted by atomic mass is 32.1. The van der Waals surface area contributed by atoms with Gasteiger partial charge < -0.3 is 9.13 Å². The highest BCUT2D eigenvalue weighted by molar-refractivity contribution is 7.25. The molecule has 0 saturated heterocycles. The van der Waals surface area contributed by atoms with E-state index in [1.807, 2.05) is 11.3 Å². The number of rotatable bonds is 4. The molecule has 2 nitrogen and oxygen atoms in total. The fourth-order valence-corrected chi connectivity index (χ4v) is 11.6. The van der Waals surface area contributed by atoms with Crippen molar-refractivity contribution < 1.29 is 0 Å².